The largest absolute Gasteiger partial charge is 0.455 e. The van der Waals surface area contributed by atoms with E-state index in [9.17, 15) is 0 Å². The Kier molecular flexibility index (Phi) is 7.24. The predicted octanol–water partition coefficient (Wildman–Crippen LogP) is 14.8. The van der Waals surface area contributed by atoms with E-state index in [2.05, 4.69) is 115 Å². The smallest absolute Gasteiger partial charge is 0.167 e. The van der Waals surface area contributed by atoms with E-state index in [4.69, 9.17) is 19.4 Å². The van der Waals surface area contributed by atoms with Crippen molar-refractivity contribution < 1.29 is 4.42 Å². The molecule has 0 saturated heterocycles. The first-order valence-electron chi connectivity index (χ1n) is 18.9. The first-order chi connectivity index (χ1) is 28.2. The van der Waals surface area contributed by atoms with Crippen LogP contribution in [0.1, 0.15) is 0 Å². The van der Waals surface area contributed by atoms with Gasteiger partial charge in [-0.3, -0.25) is 0 Å². The molecule has 12 aromatic rings. The Morgan fingerprint density at radius 3 is 1.82 bits per heavy atom. The van der Waals surface area contributed by atoms with Gasteiger partial charge in [-0.1, -0.05) is 146 Å². The van der Waals surface area contributed by atoms with Gasteiger partial charge >= 0.3 is 0 Å². The third-order valence-electron chi connectivity index (χ3n) is 11.0. The number of hydrogen-bond donors (Lipinski definition) is 0. The second-order valence-corrected chi connectivity index (χ2v) is 16.4. The lowest BCUT2D eigenvalue weighted by molar-refractivity contribution is 0.669. The molecule has 0 fully saturated rings. The molecule has 4 heterocycles. The van der Waals surface area contributed by atoms with Crippen LogP contribution in [0.3, 0.4) is 0 Å². The number of nitrogens with zero attached hydrogens (tertiary/aromatic N) is 3. The Hall–Kier alpha value is -6.99. The summed E-state index contributed by atoms with van der Waals surface area (Å²) in [6.45, 7) is 0. The zero-order valence-corrected chi connectivity index (χ0v) is 31.9. The van der Waals surface area contributed by atoms with Gasteiger partial charge < -0.3 is 4.42 Å². The Bertz CT molecular complexity index is 3530. The fourth-order valence-corrected chi connectivity index (χ4v) is 10.8. The van der Waals surface area contributed by atoms with Crippen molar-refractivity contribution in [1.29, 1.82) is 0 Å². The molecule has 4 nitrogen and oxygen atoms in total. The number of para-hydroxylation sites is 2. The Balaban J connectivity index is 1.05. The van der Waals surface area contributed by atoms with Crippen LogP contribution in [0.15, 0.2) is 180 Å². The molecule has 0 atom stereocenters. The standard InChI is InChI=1S/C51H29N3OS2/c1-3-13-30(14-4-1)33-27-28-36(46-38-18-8-10-23-42(38)57-48(33)46)35-19-12-24-43-45(35)39-26-25-32(29-44(39)56-43)50-52-49(31-15-5-2-6-16-31)53-51(54-50)40-21-11-20-37-34-17-7-9-22-41(34)55-47(37)40/h1-29H. The molecule has 266 valence electrons. The van der Waals surface area contributed by atoms with Gasteiger partial charge in [0.2, 0.25) is 0 Å². The molecular formula is C51H29N3OS2. The first kappa shape index (κ1) is 32.3. The lowest BCUT2D eigenvalue weighted by Gasteiger charge is -2.11. The van der Waals surface area contributed by atoms with Gasteiger partial charge in [0, 0.05) is 62.2 Å². The molecule has 12 rings (SSSR count). The normalized spacial score (nSPS) is 11.9. The van der Waals surface area contributed by atoms with Crippen LogP contribution in [0, 0.1) is 0 Å². The van der Waals surface area contributed by atoms with Crippen LogP contribution < -0.4 is 0 Å². The maximum Gasteiger partial charge on any atom is 0.167 e. The third-order valence-corrected chi connectivity index (χ3v) is 13.3. The highest BCUT2D eigenvalue weighted by Gasteiger charge is 2.21. The van der Waals surface area contributed by atoms with E-state index >= 15 is 0 Å². The van der Waals surface area contributed by atoms with Crippen LogP contribution in [-0.2, 0) is 0 Å². The molecule has 57 heavy (non-hydrogen) atoms. The number of hydrogen-bond acceptors (Lipinski definition) is 6. The summed E-state index contributed by atoms with van der Waals surface area (Å²) in [6.07, 6.45) is 0. The van der Waals surface area contributed by atoms with E-state index < -0.39 is 0 Å². The fourth-order valence-electron chi connectivity index (χ4n) is 8.35. The number of fused-ring (bicyclic) bond motifs is 9. The summed E-state index contributed by atoms with van der Waals surface area (Å²) in [5, 5.41) is 7.20. The topological polar surface area (TPSA) is 51.8 Å². The maximum atomic E-state index is 6.44. The highest BCUT2D eigenvalue weighted by atomic mass is 32.1. The van der Waals surface area contributed by atoms with Crippen molar-refractivity contribution >= 4 is 85.0 Å². The molecule has 0 unspecified atom stereocenters. The van der Waals surface area contributed by atoms with E-state index in [1.807, 2.05) is 83.3 Å². The van der Waals surface area contributed by atoms with Crippen molar-refractivity contribution in [2.45, 2.75) is 0 Å². The Labute approximate surface area is 335 Å². The SMILES string of the molecule is c1ccc(-c2nc(-c3ccc4c(c3)sc3cccc(-c5ccc(-c6ccccc6)c6sc7ccccc7c56)c34)nc(-c3cccc4c3oc3ccccc34)n2)cc1. The molecular weight excluding hydrogens is 735 g/mol. The van der Waals surface area contributed by atoms with Crippen LogP contribution in [0.2, 0.25) is 0 Å². The van der Waals surface area contributed by atoms with Crippen molar-refractivity contribution in [3.05, 3.63) is 176 Å². The van der Waals surface area contributed by atoms with Gasteiger partial charge in [-0.05, 0) is 52.6 Å². The quantitative estimate of drug-likeness (QED) is 0.175. The van der Waals surface area contributed by atoms with Crippen molar-refractivity contribution in [3.63, 3.8) is 0 Å². The minimum Gasteiger partial charge on any atom is -0.455 e. The third kappa shape index (κ3) is 5.15. The van der Waals surface area contributed by atoms with Crippen molar-refractivity contribution in [3.8, 4) is 56.4 Å². The second-order valence-electron chi connectivity index (χ2n) is 14.3. The number of rotatable bonds is 5. The van der Waals surface area contributed by atoms with Gasteiger partial charge in [-0.15, -0.1) is 22.7 Å². The number of aromatic nitrogens is 3. The Morgan fingerprint density at radius 1 is 0.351 bits per heavy atom. The van der Waals surface area contributed by atoms with Gasteiger partial charge in [0.05, 0.1) is 5.56 Å². The first-order valence-corrected chi connectivity index (χ1v) is 20.6. The molecule has 0 amide bonds. The molecule has 0 aliphatic carbocycles. The van der Waals surface area contributed by atoms with Crippen molar-refractivity contribution in [2.24, 2.45) is 0 Å². The minimum absolute atomic E-state index is 0.577. The van der Waals surface area contributed by atoms with Crippen LogP contribution >= 0.6 is 22.7 Å². The number of benzene rings is 8. The molecule has 0 spiro atoms. The molecule has 0 aliphatic heterocycles. The predicted molar refractivity (Wildman–Crippen MR) is 240 cm³/mol. The molecule has 0 aliphatic rings. The molecule has 8 aromatic carbocycles. The highest BCUT2D eigenvalue weighted by molar-refractivity contribution is 7.26. The zero-order chi connectivity index (χ0) is 37.5. The summed E-state index contributed by atoms with van der Waals surface area (Å²) in [5.41, 5.74) is 9.31. The van der Waals surface area contributed by atoms with E-state index in [-0.39, 0.29) is 0 Å². The van der Waals surface area contributed by atoms with Crippen LogP contribution in [0.4, 0.5) is 0 Å². The van der Waals surface area contributed by atoms with E-state index in [1.54, 1.807) is 0 Å². The van der Waals surface area contributed by atoms with Gasteiger partial charge in [0.1, 0.15) is 11.2 Å². The van der Waals surface area contributed by atoms with Gasteiger partial charge in [-0.25, -0.2) is 15.0 Å². The summed E-state index contributed by atoms with van der Waals surface area (Å²) in [5.74, 6) is 1.82. The highest BCUT2D eigenvalue weighted by Crippen LogP contribution is 2.48. The lowest BCUT2D eigenvalue weighted by Crippen LogP contribution is -2.00. The maximum absolute atomic E-state index is 6.44. The average Bonchev–Trinajstić information content (AvgIpc) is 3.98. The fraction of sp³-hybridized carbons (Fsp3) is 0. The van der Waals surface area contributed by atoms with E-state index in [1.165, 1.54) is 62.6 Å². The van der Waals surface area contributed by atoms with E-state index in [0.717, 1.165) is 38.6 Å². The van der Waals surface area contributed by atoms with Gasteiger partial charge in [0.25, 0.3) is 0 Å². The molecule has 0 bridgehead atoms. The van der Waals surface area contributed by atoms with Crippen LogP contribution in [0.5, 0.6) is 0 Å². The summed E-state index contributed by atoms with van der Waals surface area (Å²) in [7, 11) is 0. The summed E-state index contributed by atoms with van der Waals surface area (Å²) >= 11 is 3.69. The molecule has 4 aromatic heterocycles. The van der Waals surface area contributed by atoms with Crippen LogP contribution in [-0.4, -0.2) is 15.0 Å². The minimum atomic E-state index is 0.577. The van der Waals surface area contributed by atoms with E-state index in [0.29, 0.717) is 17.5 Å². The van der Waals surface area contributed by atoms with Crippen molar-refractivity contribution in [2.75, 3.05) is 0 Å². The Morgan fingerprint density at radius 2 is 0.965 bits per heavy atom. The average molecular weight is 764 g/mol. The van der Waals surface area contributed by atoms with Gasteiger partial charge in [0.15, 0.2) is 17.5 Å². The van der Waals surface area contributed by atoms with Gasteiger partial charge in [-0.2, -0.15) is 0 Å². The van der Waals surface area contributed by atoms with Crippen LogP contribution in [0.25, 0.3) is 119 Å². The number of thiophene rings is 2. The van der Waals surface area contributed by atoms with Crippen molar-refractivity contribution in [1.82, 2.24) is 15.0 Å². The summed E-state index contributed by atoms with van der Waals surface area (Å²) in [6, 6.07) is 62.0. The summed E-state index contributed by atoms with van der Waals surface area (Å²) in [4.78, 5) is 15.3. The second kappa shape index (κ2) is 12.8. The lowest BCUT2D eigenvalue weighted by atomic mass is 9.92. The molecule has 0 saturated carbocycles. The zero-order valence-electron chi connectivity index (χ0n) is 30.3. The monoisotopic (exact) mass is 763 g/mol. The summed E-state index contributed by atoms with van der Waals surface area (Å²) < 4.78 is 11.5. The molecule has 0 N–H and O–H groups in total. The number of furan rings is 1. The molecule has 6 heteroatoms. The molecule has 0 radical (unpaired) electrons.